The van der Waals surface area contributed by atoms with Crippen LogP contribution in [-0.4, -0.2) is 21.8 Å². The van der Waals surface area contributed by atoms with Crippen LogP contribution in [0.2, 0.25) is 6.55 Å². The third-order valence-corrected chi connectivity index (χ3v) is 5.76. The molecule has 18 heavy (non-hydrogen) atoms. The highest BCUT2D eigenvalue weighted by Gasteiger charge is 2.34. The Kier molecular flexibility index (Phi) is 6.06. The van der Waals surface area contributed by atoms with Crippen molar-refractivity contribution < 1.29 is 8.85 Å². The maximum atomic E-state index is 6.09. The molecule has 0 aliphatic heterocycles. The fraction of sp³-hybridized carbons (Fsp3) is 0.600. The van der Waals surface area contributed by atoms with E-state index in [1.807, 2.05) is 0 Å². The van der Waals surface area contributed by atoms with Gasteiger partial charge in [-0.3, -0.25) is 0 Å². The van der Waals surface area contributed by atoms with Crippen LogP contribution in [0.4, 0.5) is 0 Å². The van der Waals surface area contributed by atoms with Gasteiger partial charge in [-0.05, 0) is 38.4 Å². The Morgan fingerprint density at radius 1 is 0.889 bits per heavy atom. The maximum absolute atomic E-state index is 6.09. The van der Waals surface area contributed by atoms with E-state index in [1.165, 1.54) is 16.3 Å². The molecule has 0 N–H and O–H groups in total. The van der Waals surface area contributed by atoms with Crippen molar-refractivity contribution >= 4 is 13.7 Å². The van der Waals surface area contributed by atoms with Crippen molar-refractivity contribution in [3.05, 3.63) is 29.3 Å². The molecule has 102 valence electrons. The van der Waals surface area contributed by atoms with Crippen LogP contribution in [-0.2, 0) is 8.85 Å². The second-order valence-corrected chi connectivity index (χ2v) is 8.07. The van der Waals surface area contributed by atoms with Crippen molar-refractivity contribution in [1.82, 2.24) is 0 Å². The van der Waals surface area contributed by atoms with Crippen LogP contribution in [0.1, 0.15) is 37.8 Å². The van der Waals surface area contributed by atoms with Crippen LogP contribution in [0.5, 0.6) is 0 Å². The van der Waals surface area contributed by atoms with Crippen molar-refractivity contribution in [3.8, 4) is 0 Å². The van der Waals surface area contributed by atoms with E-state index in [-0.39, 0.29) is 0 Å². The van der Waals surface area contributed by atoms with Crippen molar-refractivity contribution in [3.63, 3.8) is 0 Å². The van der Waals surface area contributed by atoms with Crippen molar-refractivity contribution in [1.29, 1.82) is 0 Å². The summed E-state index contributed by atoms with van der Waals surface area (Å²) in [5, 5.41) is 1.25. The van der Waals surface area contributed by atoms with Crippen LogP contribution in [0.25, 0.3) is 0 Å². The Morgan fingerprint density at radius 2 is 1.33 bits per heavy atom. The summed E-state index contributed by atoms with van der Waals surface area (Å²) in [6, 6.07) is 6.62. The van der Waals surface area contributed by atoms with Crippen LogP contribution in [0.3, 0.4) is 0 Å². The van der Waals surface area contributed by atoms with E-state index in [0.717, 1.165) is 26.1 Å². The van der Waals surface area contributed by atoms with Gasteiger partial charge in [-0.1, -0.05) is 43.2 Å². The Balaban J connectivity index is 2.99. The molecule has 0 amide bonds. The van der Waals surface area contributed by atoms with E-state index in [2.05, 4.69) is 52.4 Å². The topological polar surface area (TPSA) is 18.5 Å². The molecule has 0 bridgehead atoms. The van der Waals surface area contributed by atoms with Crippen molar-refractivity contribution in [2.75, 3.05) is 13.2 Å². The lowest BCUT2D eigenvalue weighted by atomic mass is 10.2. The molecule has 0 aromatic heterocycles. The van der Waals surface area contributed by atoms with Gasteiger partial charge in [0.05, 0.1) is 0 Å². The monoisotopic (exact) mass is 266 g/mol. The lowest BCUT2D eigenvalue weighted by Gasteiger charge is -2.28. The summed E-state index contributed by atoms with van der Waals surface area (Å²) in [7, 11) is -2.23. The minimum Gasteiger partial charge on any atom is -0.391 e. The number of aryl methyl sites for hydroxylation is 2. The SMILES string of the molecule is CCCO[Si](C)(OCCC)c1cc(C)cc(C)c1. The standard InChI is InChI=1S/C15H26O2Si/c1-6-8-16-18(5,17-9-7-2)15-11-13(3)10-14(4)12-15/h10-12H,6-9H2,1-5H3. The Labute approximate surface area is 113 Å². The Hall–Kier alpha value is -0.643. The lowest BCUT2D eigenvalue weighted by Crippen LogP contribution is -2.51. The fourth-order valence-corrected chi connectivity index (χ4v) is 4.62. The third kappa shape index (κ3) is 4.23. The van der Waals surface area contributed by atoms with Gasteiger partial charge in [-0.2, -0.15) is 0 Å². The first-order chi connectivity index (χ1) is 8.51. The maximum Gasteiger partial charge on any atom is 0.369 e. The number of hydrogen-bond donors (Lipinski definition) is 0. The van der Waals surface area contributed by atoms with Gasteiger partial charge in [0.1, 0.15) is 0 Å². The molecule has 0 fully saturated rings. The molecule has 1 rings (SSSR count). The van der Waals surface area contributed by atoms with E-state index in [9.17, 15) is 0 Å². The van der Waals surface area contributed by atoms with E-state index in [4.69, 9.17) is 8.85 Å². The molecular formula is C15H26O2Si. The molecule has 2 nitrogen and oxygen atoms in total. The second kappa shape index (κ2) is 7.07. The normalized spacial score (nSPS) is 11.8. The quantitative estimate of drug-likeness (QED) is 0.704. The Morgan fingerprint density at radius 3 is 1.72 bits per heavy atom. The van der Waals surface area contributed by atoms with Gasteiger partial charge < -0.3 is 8.85 Å². The van der Waals surface area contributed by atoms with E-state index < -0.39 is 8.56 Å². The molecule has 0 atom stereocenters. The van der Waals surface area contributed by atoms with E-state index in [1.54, 1.807) is 0 Å². The number of hydrogen-bond acceptors (Lipinski definition) is 2. The molecule has 0 aliphatic carbocycles. The zero-order valence-electron chi connectivity index (χ0n) is 12.4. The van der Waals surface area contributed by atoms with Crippen LogP contribution < -0.4 is 5.19 Å². The van der Waals surface area contributed by atoms with Gasteiger partial charge >= 0.3 is 8.56 Å². The summed E-state index contributed by atoms with van der Waals surface area (Å²) < 4.78 is 12.2. The molecule has 0 saturated carbocycles. The Bertz CT molecular complexity index is 349. The molecular weight excluding hydrogens is 240 g/mol. The fourth-order valence-electron chi connectivity index (χ4n) is 2.04. The van der Waals surface area contributed by atoms with E-state index in [0.29, 0.717) is 0 Å². The molecule has 0 aliphatic rings. The zero-order valence-corrected chi connectivity index (χ0v) is 13.4. The molecule has 3 heteroatoms. The summed E-state index contributed by atoms with van der Waals surface area (Å²) in [6.45, 7) is 12.2. The molecule has 1 aromatic rings. The predicted octanol–water partition coefficient (Wildman–Crippen LogP) is 3.44. The summed E-state index contributed by atoms with van der Waals surface area (Å²) in [4.78, 5) is 0. The summed E-state index contributed by atoms with van der Waals surface area (Å²) in [5.41, 5.74) is 2.56. The van der Waals surface area contributed by atoms with Gasteiger partial charge in [0, 0.05) is 13.2 Å². The minimum absolute atomic E-state index is 0.777. The largest absolute Gasteiger partial charge is 0.391 e. The first-order valence-corrected chi connectivity index (χ1v) is 9.20. The van der Waals surface area contributed by atoms with Gasteiger partial charge in [0.2, 0.25) is 0 Å². The van der Waals surface area contributed by atoms with Gasteiger partial charge in [0.15, 0.2) is 0 Å². The first-order valence-electron chi connectivity index (χ1n) is 6.88. The van der Waals surface area contributed by atoms with Gasteiger partial charge in [-0.15, -0.1) is 0 Å². The number of rotatable bonds is 7. The third-order valence-electron chi connectivity index (χ3n) is 2.91. The molecule has 0 spiro atoms. The molecule has 0 heterocycles. The summed E-state index contributed by atoms with van der Waals surface area (Å²) in [6.07, 6.45) is 2.06. The van der Waals surface area contributed by atoms with Crippen molar-refractivity contribution in [2.45, 2.75) is 47.1 Å². The van der Waals surface area contributed by atoms with Crippen LogP contribution >= 0.6 is 0 Å². The average molecular weight is 266 g/mol. The minimum atomic E-state index is -2.23. The molecule has 0 unspecified atom stereocenters. The van der Waals surface area contributed by atoms with Crippen LogP contribution in [0.15, 0.2) is 18.2 Å². The second-order valence-electron chi connectivity index (χ2n) is 5.02. The van der Waals surface area contributed by atoms with Gasteiger partial charge in [-0.25, -0.2) is 0 Å². The highest BCUT2D eigenvalue weighted by molar-refractivity contribution is 6.80. The van der Waals surface area contributed by atoms with E-state index >= 15 is 0 Å². The van der Waals surface area contributed by atoms with Crippen LogP contribution in [0, 0.1) is 13.8 Å². The lowest BCUT2D eigenvalue weighted by molar-refractivity contribution is 0.185. The number of benzene rings is 1. The zero-order chi connectivity index (χ0) is 13.6. The summed E-state index contributed by atoms with van der Waals surface area (Å²) in [5.74, 6) is 0. The summed E-state index contributed by atoms with van der Waals surface area (Å²) >= 11 is 0. The average Bonchev–Trinajstić information content (AvgIpc) is 2.32. The predicted molar refractivity (Wildman–Crippen MR) is 79.7 cm³/mol. The first kappa shape index (κ1) is 15.4. The molecule has 1 aromatic carbocycles. The van der Waals surface area contributed by atoms with Crippen molar-refractivity contribution in [2.24, 2.45) is 0 Å². The smallest absolute Gasteiger partial charge is 0.369 e. The molecule has 0 radical (unpaired) electrons. The highest BCUT2D eigenvalue weighted by Crippen LogP contribution is 2.12. The highest BCUT2D eigenvalue weighted by atomic mass is 28.4. The molecule has 0 saturated heterocycles. The van der Waals surface area contributed by atoms with Gasteiger partial charge in [0.25, 0.3) is 0 Å².